The molecule has 2 N–H and O–H groups in total. The molecule has 4 heteroatoms. The summed E-state index contributed by atoms with van der Waals surface area (Å²) in [6.45, 7) is 3.45. The van der Waals surface area contributed by atoms with Crippen molar-refractivity contribution in [1.82, 2.24) is 0 Å². The third-order valence-electron chi connectivity index (χ3n) is 2.97. The second kappa shape index (κ2) is 4.70. The Labute approximate surface area is 93.5 Å². The van der Waals surface area contributed by atoms with E-state index < -0.39 is 28.4 Å². The molecule has 2 nitrogen and oxygen atoms in total. The number of hydrogen-bond donors (Lipinski definition) is 1. The second-order valence-corrected chi connectivity index (χ2v) is 4.04. The molecular formula is C12H15F2NO. The number of ketones is 1. The molecule has 16 heavy (non-hydrogen) atoms. The van der Waals surface area contributed by atoms with Crippen LogP contribution in [0.5, 0.6) is 0 Å². The number of Topliss-reactive ketones (excluding diaryl/α,β-unsaturated/α-hetero) is 1. The zero-order valence-electron chi connectivity index (χ0n) is 9.39. The van der Waals surface area contributed by atoms with Crippen LogP contribution < -0.4 is 5.73 Å². The van der Waals surface area contributed by atoms with E-state index in [1.807, 2.05) is 0 Å². The summed E-state index contributed by atoms with van der Waals surface area (Å²) in [5, 5.41) is 0. The average molecular weight is 227 g/mol. The number of nitrogens with two attached hydrogens (primary N) is 1. The Kier molecular flexibility index (Phi) is 3.75. The molecule has 1 rings (SSSR count). The van der Waals surface area contributed by atoms with Crippen LogP contribution in [0.2, 0.25) is 0 Å². The first-order valence-corrected chi connectivity index (χ1v) is 5.15. The van der Waals surface area contributed by atoms with E-state index in [1.165, 1.54) is 6.07 Å². The average Bonchev–Trinajstić information content (AvgIpc) is 2.27. The summed E-state index contributed by atoms with van der Waals surface area (Å²) < 4.78 is 26.8. The van der Waals surface area contributed by atoms with E-state index in [-0.39, 0.29) is 6.54 Å². The summed E-state index contributed by atoms with van der Waals surface area (Å²) in [4.78, 5) is 12.0. The zero-order chi connectivity index (χ0) is 12.3. The van der Waals surface area contributed by atoms with Gasteiger partial charge in [-0.1, -0.05) is 19.9 Å². The highest BCUT2D eigenvalue weighted by Crippen LogP contribution is 2.27. The van der Waals surface area contributed by atoms with Crippen LogP contribution in [0.3, 0.4) is 0 Å². The van der Waals surface area contributed by atoms with Gasteiger partial charge in [0.25, 0.3) is 0 Å². The molecule has 0 aromatic heterocycles. The van der Waals surface area contributed by atoms with Gasteiger partial charge in [0, 0.05) is 12.0 Å². The Morgan fingerprint density at radius 1 is 1.38 bits per heavy atom. The summed E-state index contributed by atoms with van der Waals surface area (Å²) in [5.41, 5.74) is 4.09. The highest BCUT2D eigenvalue weighted by molar-refractivity contribution is 6.00. The minimum absolute atomic E-state index is 0.0656. The molecule has 88 valence electrons. The van der Waals surface area contributed by atoms with Crippen molar-refractivity contribution in [2.75, 3.05) is 6.54 Å². The van der Waals surface area contributed by atoms with E-state index in [2.05, 4.69) is 0 Å². The van der Waals surface area contributed by atoms with Crippen molar-refractivity contribution in [2.24, 2.45) is 11.1 Å². The zero-order valence-corrected chi connectivity index (χ0v) is 9.39. The first-order valence-electron chi connectivity index (χ1n) is 5.15. The van der Waals surface area contributed by atoms with Crippen molar-refractivity contribution in [3.63, 3.8) is 0 Å². The Morgan fingerprint density at radius 2 is 1.88 bits per heavy atom. The lowest BCUT2D eigenvalue weighted by Gasteiger charge is -2.24. The van der Waals surface area contributed by atoms with Gasteiger partial charge < -0.3 is 5.73 Å². The number of carbonyl (C=O) groups excluding carboxylic acids is 1. The fourth-order valence-corrected chi connectivity index (χ4v) is 1.41. The van der Waals surface area contributed by atoms with E-state index >= 15 is 0 Å². The molecule has 0 amide bonds. The quantitative estimate of drug-likeness (QED) is 0.803. The van der Waals surface area contributed by atoms with Crippen LogP contribution in [0.25, 0.3) is 0 Å². The van der Waals surface area contributed by atoms with Crippen LogP contribution in [0.1, 0.15) is 30.6 Å². The number of benzene rings is 1. The van der Waals surface area contributed by atoms with Crippen molar-refractivity contribution < 1.29 is 13.6 Å². The van der Waals surface area contributed by atoms with Crippen molar-refractivity contribution >= 4 is 5.78 Å². The maximum Gasteiger partial charge on any atom is 0.175 e. The van der Waals surface area contributed by atoms with Gasteiger partial charge in [-0.05, 0) is 18.6 Å². The van der Waals surface area contributed by atoms with Gasteiger partial charge in [0.05, 0.1) is 5.56 Å². The number of rotatable bonds is 4. The molecule has 0 heterocycles. The van der Waals surface area contributed by atoms with Crippen molar-refractivity contribution in [1.29, 1.82) is 0 Å². The fraction of sp³-hybridized carbons (Fsp3) is 0.417. The molecule has 0 spiro atoms. The molecule has 1 aromatic carbocycles. The highest BCUT2D eigenvalue weighted by atomic mass is 19.1. The molecule has 0 radical (unpaired) electrons. The molecule has 0 bridgehead atoms. The third kappa shape index (κ3) is 2.11. The number of hydrogen-bond acceptors (Lipinski definition) is 2. The van der Waals surface area contributed by atoms with Crippen LogP contribution in [-0.4, -0.2) is 12.3 Å². The molecule has 1 unspecified atom stereocenters. The third-order valence-corrected chi connectivity index (χ3v) is 2.97. The van der Waals surface area contributed by atoms with Crippen molar-refractivity contribution in [2.45, 2.75) is 20.3 Å². The van der Waals surface area contributed by atoms with Crippen LogP contribution in [0, 0.1) is 17.0 Å². The second-order valence-electron chi connectivity index (χ2n) is 4.04. The van der Waals surface area contributed by atoms with Crippen molar-refractivity contribution in [3.8, 4) is 0 Å². The van der Waals surface area contributed by atoms with Gasteiger partial charge in [-0.25, -0.2) is 8.78 Å². The minimum atomic E-state index is -0.914. The van der Waals surface area contributed by atoms with Gasteiger partial charge in [0.1, 0.15) is 11.6 Å². The van der Waals surface area contributed by atoms with E-state index in [0.29, 0.717) is 6.42 Å². The van der Waals surface area contributed by atoms with Crippen LogP contribution in [0.4, 0.5) is 8.78 Å². The topological polar surface area (TPSA) is 43.1 Å². The summed E-state index contributed by atoms with van der Waals surface area (Å²) >= 11 is 0. The lowest BCUT2D eigenvalue weighted by Crippen LogP contribution is -2.36. The SMILES string of the molecule is CCC(C)(CN)C(=O)c1c(F)cccc1F. The molecule has 0 saturated heterocycles. The molecular weight excluding hydrogens is 212 g/mol. The van der Waals surface area contributed by atoms with Crippen LogP contribution in [-0.2, 0) is 0 Å². The van der Waals surface area contributed by atoms with Gasteiger partial charge in [0.2, 0.25) is 0 Å². The first-order chi connectivity index (χ1) is 7.46. The molecule has 0 aliphatic carbocycles. The van der Waals surface area contributed by atoms with Gasteiger partial charge in [-0.3, -0.25) is 4.79 Å². The first kappa shape index (κ1) is 12.8. The minimum Gasteiger partial charge on any atom is -0.329 e. The Bertz CT molecular complexity index is 380. The molecule has 0 aliphatic heterocycles. The van der Waals surface area contributed by atoms with E-state index in [1.54, 1.807) is 13.8 Å². The van der Waals surface area contributed by atoms with Crippen molar-refractivity contribution in [3.05, 3.63) is 35.4 Å². The predicted molar refractivity (Wildman–Crippen MR) is 58.1 cm³/mol. The van der Waals surface area contributed by atoms with E-state index in [9.17, 15) is 13.6 Å². The molecule has 0 fully saturated rings. The molecule has 0 aliphatic rings. The van der Waals surface area contributed by atoms with Gasteiger partial charge >= 0.3 is 0 Å². The van der Waals surface area contributed by atoms with Crippen LogP contribution in [0.15, 0.2) is 18.2 Å². The summed E-state index contributed by atoms with van der Waals surface area (Å²) in [6.07, 6.45) is 0.441. The molecule has 1 aromatic rings. The maximum absolute atomic E-state index is 13.4. The van der Waals surface area contributed by atoms with Gasteiger partial charge in [0.15, 0.2) is 5.78 Å². The standard InChI is InChI=1S/C12H15F2NO/c1-3-12(2,7-15)11(16)10-8(13)5-4-6-9(10)14/h4-6H,3,7,15H2,1-2H3. The fourth-order valence-electron chi connectivity index (χ4n) is 1.41. The Hall–Kier alpha value is -1.29. The largest absolute Gasteiger partial charge is 0.329 e. The number of halogens is 2. The number of carbonyl (C=O) groups is 1. The normalized spacial score (nSPS) is 14.6. The summed E-state index contributed by atoms with van der Waals surface area (Å²) in [7, 11) is 0. The predicted octanol–water partition coefficient (Wildman–Crippen LogP) is 2.52. The monoisotopic (exact) mass is 227 g/mol. The Morgan fingerprint density at radius 3 is 2.25 bits per heavy atom. The smallest absolute Gasteiger partial charge is 0.175 e. The lowest BCUT2D eigenvalue weighted by molar-refractivity contribution is 0.0811. The lowest BCUT2D eigenvalue weighted by atomic mass is 9.79. The maximum atomic E-state index is 13.4. The van der Waals surface area contributed by atoms with Crippen LogP contribution >= 0.6 is 0 Å². The van der Waals surface area contributed by atoms with E-state index in [4.69, 9.17) is 5.73 Å². The molecule has 1 atom stereocenters. The van der Waals surface area contributed by atoms with Gasteiger partial charge in [-0.15, -0.1) is 0 Å². The van der Waals surface area contributed by atoms with Gasteiger partial charge in [-0.2, -0.15) is 0 Å². The Balaban J connectivity index is 3.24. The highest BCUT2D eigenvalue weighted by Gasteiger charge is 2.34. The van der Waals surface area contributed by atoms with E-state index in [0.717, 1.165) is 12.1 Å². The molecule has 0 saturated carbocycles. The summed E-state index contributed by atoms with van der Waals surface area (Å²) in [6, 6.07) is 3.37. The summed E-state index contributed by atoms with van der Waals surface area (Å²) in [5.74, 6) is -2.25.